The summed E-state index contributed by atoms with van der Waals surface area (Å²) in [5, 5.41) is 11.1. The van der Waals surface area contributed by atoms with E-state index in [-0.39, 0.29) is 29.2 Å². The second kappa shape index (κ2) is 9.53. The molecule has 2 amide bonds. The molecule has 0 bridgehead atoms. The van der Waals surface area contributed by atoms with Crippen molar-refractivity contribution in [1.82, 2.24) is 24.5 Å². The zero-order valence-electron chi connectivity index (χ0n) is 20.9. The fourth-order valence-electron chi connectivity index (χ4n) is 4.63. The Labute approximate surface area is 220 Å². The molecule has 0 spiro atoms. The van der Waals surface area contributed by atoms with Crippen LogP contribution in [0, 0.1) is 11.7 Å². The molecule has 38 heavy (non-hydrogen) atoms. The first kappa shape index (κ1) is 24.0. The molecule has 2 aromatic carbocycles. The van der Waals surface area contributed by atoms with Crippen molar-refractivity contribution in [3.8, 4) is 11.1 Å². The number of fused-ring (bicyclic) bond motifs is 2. The minimum atomic E-state index is -0.323. The van der Waals surface area contributed by atoms with Crippen LogP contribution in [-0.2, 0) is 11.8 Å². The first-order valence-electron chi connectivity index (χ1n) is 12.4. The number of hydrogen-bond acceptors (Lipinski definition) is 4. The normalized spacial score (nSPS) is 14.1. The molecular weight excluding hydrogens is 499 g/mol. The Balaban J connectivity index is 1.30. The first-order chi connectivity index (χ1) is 18.4. The lowest BCUT2D eigenvalue weighted by Gasteiger charge is -2.17. The number of carbonyl (C=O) groups is 2. The number of nitrogens with zero attached hydrogens (tertiary/aromatic N) is 4. The summed E-state index contributed by atoms with van der Waals surface area (Å²) in [5.41, 5.74) is 4.38. The van der Waals surface area contributed by atoms with Crippen LogP contribution in [0.5, 0.6) is 0 Å². The summed E-state index contributed by atoms with van der Waals surface area (Å²) in [7, 11) is 2.27. The van der Waals surface area contributed by atoms with Crippen LogP contribution in [0.3, 0.4) is 0 Å². The lowest BCUT2D eigenvalue weighted by Crippen LogP contribution is -2.31. The van der Waals surface area contributed by atoms with Gasteiger partial charge in [-0.25, -0.2) is 8.91 Å². The molecule has 1 aliphatic carbocycles. The van der Waals surface area contributed by atoms with Gasteiger partial charge in [0, 0.05) is 47.5 Å². The maximum Gasteiger partial charge on any atom is 0.253 e. The smallest absolute Gasteiger partial charge is 0.253 e. The predicted molar refractivity (Wildman–Crippen MR) is 144 cm³/mol. The number of benzene rings is 2. The highest BCUT2D eigenvalue weighted by molar-refractivity contribution is 6.36. The summed E-state index contributed by atoms with van der Waals surface area (Å²) in [5.74, 6) is -0.204. The molecule has 3 heterocycles. The fourth-order valence-corrected chi connectivity index (χ4v) is 5.42. The van der Waals surface area contributed by atoms with Gasteiger partial charge in [0.05, 0.1) is 15.1 Å². The van der Waals surface area contributed by atoms with Crippen LogP contribution < -0.4 is 10.6 Å². The number of nitrogens with one attached hydrogen (secondary N) is 2. The van der Waals surface area contributed by atoms with Gasteiger partial charge in [-0.05, 0) is 60.4 Å². The van der Waals surface area contributed by atoms with Crippen LogP contribution in [0.2, 0.25) is 6.55 Å². The van der Waals surface area contributed by atoms with E-state index in [1.54, 1.807) is 10.6 Å². The van der Waals surface area contributed by atoms with Gasteiger partial charge in [0.15, 0.2) is 5.65 Å². The Kier molecular flexibility index (Phi) is 6.03. The number of aromatic nitrogens is 4. The van der Waals surface area contributed by atoms with Gasteiger partial charge in [-0.1, -0.05) is 24.7 Å². The third-order valence-corrected chi connectivity index (χ3v) is 7.88. The highest BCUT2D eigenvalue weighted by Crippen LogP contribution is 2.31. The molecule has 1 unspecified atom stereocenters. The molecule has 1 fully saturated rings. The lowest BCUT2D eigenvalue weighted by atomic mass is 10.0. The van der Waals surface area contributed by atoms with Crippen LogP contribution in [-0.4, -0.2) is 40.5 Å². The van der Waals surface area contributed by atoms with Crippen molar-refractivity contribution >= 4 is 43.8 Å². The van der Waals surface area contributed by atoms with Crippen LogP contribution in [0.1, 0.15) is 34.4 Å². The number of aryl methyl sites for hydroxylation is 1. The Bertz CT molecular complexity index is 1710. The number of carbonyl (C=O) groups excluding carboxylic acids is 2. The van der Waals surface area contributed by atoms with E-state index in [9.17, 15) is 14.0 Å². The van der Waals surface area contributed by atoms with Gasteiger partial charge in [0.25, 0.3) is 5.91 Å². The van der Waals surface area contributed by atoms with E-state index >= 15 is 0 Å². The fraction of sp³-hybridized carbons (Fsp3) is 0.214. The van der Waals surface area contributed by atoms with E-state index in [4.69, 9.17) is 0 Å². The average Bonchev–Trinajstić information content (AvgIpc) is 3.62. The molecule has 0 aliphatic heterocycles. The molecule has 190 valence electrons. The summed E-state index contributed by atoms with van der Waals surface area (Å²) in [6, 6.07) is 16.1. The number of anilines is 1. The zero-order chi connectivity index (χ0) is 26.4. The number of pyridine rings is 1. The second-order valence-electron chi connectivity index (χ2n) is 9.56. The predicted octanol–water partition coefficient (Wildman–Crippen LogP) is 4.56. The maximum atomic E-state index is 13.8. The van der Waals surface area contributed by atoms with E-state index < -0.39 is 0 Å². The highest BCUT2D eigenvalue weighted by atomic mass is 28.2. The number of halogens is 1. The van der Waals surface area contributed by atoms with Crippen molar-refractivity contribution in [3.05, 3.63) is 83.9 Å². The molecule has 1 saturated carbocycles. The minimum absolute atomic E-state index is 0.0373. The average molecular weight is 525 g/mol. The van der Waals surface area contributed by atoms with Crippen molar-refractivity contribution in [2.75, 3.05) is 5.32 Å². The van der Waals surface area contributed by atoms with Crippen LogP contribution in [0.15, 0.2) is 67.0 Å². The zero-order valence-corrected chi connectivity index (χ0v) is 21.9. The van der Waals surface area contributed by atoms with Gasteiger partial charge < -0.3 is 9.88 Å². The number of rotatable bonds is 7. The van der Waals surface area contributed by atoms with Crippen molar-refractivity contribution < 1.29 is 14.0 Å². The van der Waals surface area contributed by atoms with Gasteiger partial charge in [-0.2, -0.15) is 4.98 Å². The SMILES string of the molecule is C[Si]C(NC(=O)c1cn(C)c2ccc(-c3ccc4nc(NC(=O)C5CC5)nn4c3)cc12)c1cccc(F)c1. The summed E-state index contributed by atoms with van der Waals surface area (Å²) >= 11 is 0. The Morgan fingerprint density at radius 3 is 2.66 bits per heavy atom. The Morgan fingerprint density at radius 1 is 1.08 bits per heavy atom. The second-order valence-corrected chi connectivity index (χ2v) is 10.7. The maximum absolute atomic E-state index is 13.8. The molecule has 1 aliphatic rings. The van der Waals surface area contributed by atoms with E-state index in [1.807, 2.05) is 67.0 Å². The molecular formula is C28H25FN6O2Si. The van der Waals surface area contributed by atoms with Crippen molar-refractivity contribution in [3.63, 3.8) is 0 Å². The summed E-state index contributed by atoms with van der Waals surface area (Å²) < 4.78 is 17.4. The quantitative estimate of drug-likeness (QED) is 0.305. The molecule has 8 nitrogen and oxygen atoms in total. The first-order valence-corrected chi connectivity index (χ1v) is 14.0. The van der Waals surface area contributed by atoms with Crippen molar-refractivity contribution in [1.29, 1.82) is 0 Å². The van der Waals surface area contributed by atoms with Crippen LogP contribution in [0.4, 0.5) is 10.3 Å². The van der Waals surface area contributed by atoms with Gasteiger partial charge in [0.1, 0.15) is 5.82 Å². The van der Waals surface area contributed by atoms with Gasteiger partial charge in [-0.15, -0.1) is 5.10 Å². The molecule has 0 saturated heterocycles. The largest absolute Gasteiger partial charge is 0.350 e. The van der Waals surface area contributed by atoms with Gasteiger partial charge >= 0.3 is 0 Å². The summed E-state index contributed by atoms with van der Waals surface area (Å²) in [6.07, 6.45) is 5.50. The van der Waals surface area contributed by atoms with Gasteiger partial charge in [-0.3, -0.25) is 14.9 Å². The minimum Gasteiger partial charge on any atom is -0.350 e. The standard InChI is InChI=1S/C28H25FN6O2Si/c1-34-15-22(26(37)31-27(38-2)18-4-3-5-20(29)12-18)21-13-17(8-10-23(21)34)19-9-11-24-30-28(33-35(24)14-19)32-25(36)16-6-7-16/h3-5,8-16,27H,6-7H2,1-2H3,(H,31,37)(H,32,33,36). The van der Waals surface area contributed by atoms with Crippen molar-refractivity contribution in [2.24, 2.45) is 13.0 Å². The highest BCUT2D eigenvalue weighted by Gasteiger charge is 2.30. The topological polar surface area (TPSA) is 93.3 Å². The molecule has 5 aromatic rings. The molecule has 1 atom stereocenters. The summed E-state index contributed by atoms with van der Waals surface area (Å²) in [4.78, 5) is 29.9. The Hall–Kier alpha value is -4.31. The van der Waals surface area contributed by atoms with E-state index in [0.717, 1.165) is 40.4 Å². The molecule has 3 aromatic heterocycles. The molecule has 2 N–H and O–H groups in total. The Morgan fingerprint density at radius 2 is 1.89 bits per heavy atom. The third kappa shape index (κ3) is 4.58. The molecule has 2 radical (unpaired) electrons. The van der Waals surface area contributed by atoms with Crippen LogP contribution in [0.25, 0.3) is 27.7 Å². The molecule has 6 rings (SSSR count). The van der Waals surface area contributed by atoms with Crippen molar-refractivity contribution in [2.45, 2.75) is 25.1 Å². The van der Waals surface area contributed by atoms with Crippen LogP contribution >= 0.6 is 0 Å². The number of amides is 2. The van der Waals surface area contributed by atoms with E-state index in [2.05, 4.69) is 20.7 Å². The monoisotopic (exact) mass is 524 g/mol. The molecule has 10 heteroatoms. The van der Waals surface area contributed by atoms with E-state index in [0.29, 0.717) is 26.7 Å². The van der Waals surface area contributed by atoms with E-state index in [1.165, 1.54) is 12.1 Å². The lowest BCUT2D eigenvalue weighted by molar-refractivity contribution is -0.117. The number of hydrogen-bond donors (Lipinski definition) is 2. The van der Waals surface area contributed by atoms with Gasteiger partial charge in [0.2, 0.25) is 11.9 Å². The third-order valence-electron chi connectivity index (χ3n) is 6.83. The summed E-state index contributed by atoms with van der Waals surface area (Å²) in [6.45, 7) is 1.99.